The second-order valence-corrected chi connectivity index (χ2v) is 12.2. The lowest BCUT2D eigenvalue weighted by Crippen LogP contribution is -2.46. The highest BCUT2D eigenvalue weighted by Gasteiger charge is 2.53. The maximum absolute atomic E-state index is 13.3. The highest BCUT2D eigenvalue weighted by molar-refractivity contribution is 5.80. The number of unbranched alkanes of at least 4 members (excludes halogenated alkanes) is 3. The molecule has 1 unspecified atom stereocenters. The van der Waals surface area contributed by atoms with Crippen molar-refractivity contribution >= 4 is 12.0 Å². The number of phenols is 1. The van der Waals surface area contributed by atoms with E-state index in [0.29, 0.717) is 23.6 Å². The first kappa shape index (κ1) is 34.4. The van der Waals surface area contributed by atoms with Crippen molar-refractivity contribution in [3.63, 3.8) is 0 Å². The lowest BCUT2D eigenvalue weighted by molar-refractivity contribution is -0.141. The molecule has 2 heterocycles. The van der Waals surface area contributed by atoms with Crippen LogP contribution in [0.25, 0.3) is 0 Å². The molecule has 2 aliphatic heterocycles. The average molecular weight is 656 g/mol. The molecular formula is C34H49N5O8. The standard InChI is InChI=1S/C34H49N5O8/c1-43-27-15-21(16-28(44-2)32(27)40)29-22-17-25-26(47-20-46-25)18-23(22)31(24-19-45-33(41)30(24)29)39-34(42)38-14-8-7-13-37-12-6-5-11-36-10-4-3-9-35/h15-18,24,29-31,36-37,40H,3-14,19-20,35H2,1-2H3,(H2,38,39,42)/t24-,29?,30-,31+/m0/s1. The van der Waals surface area contributed by atoms with Crippen LogP contribution in [0.15, 0.2) is 24.3 Å². The maximum atomic E-state index is 13.3. The molecule has 0 radical (unpaired) electrons. The highest BCUT2D eigenvalue weighted by Crippen LogP contribution is 2.55. The van der Waals surface area contributed by atoms with Gasteiger partial charge in [-0.15, -0.1) is 0 Å². The second-order valence-electron chi connectivity index (χ2n) is 12.2. The summed E-state index contributed by atoms with van der Waals surface area (Å²) in [6.07, 6.45) is 6.24. The third-order valence-electron chi connectivity index (χ3n) is 9.17. The Balaban J connectivity index is 1.20. The number of methoxy groups -OCH3 is 2. The number of nitrogens with one attached hydrogen (secondary N) is 4. The number of fused-ring (bicyclic) bond motifs is 3. The lowest BCUT2D eigenvalue weighted by Gasteiger charge is -2.39. The van der Waals surface area contributed by atoms with E-state index in [0.717, 1.165) is 82.4 Å². The first-order chi connectivity index (χ1) is 23.0. The average Bonchev–Trinajstić information content (AvgIpc) is 3.70. The van der Waals surface area contributed by atoms with Crippen molar-refractivity contribution in [2.75, 3.05) is 66.9 Å². The van der Waals surface area contributed by atoms with E-state index >= 15 is 0 Å². The molecule has 2 amide bonds. The zero-order chi connectivity index (χ0) is 33.2. The summed E-state index contributed by atoms with van der Waals surface area (Å²) >= 11 is 0. The molecule has 7 N–H and O–H groups in total. The summed E-state index contributed by atoms with van der Waals surface area (Å²) in [5.74, 6) is -0.332. The van der Waals surface area contributed by atoms with Crippen molar-refractivity contribution in [2.24, 2.45) is 17.6 Å². The SMILES string of the molecule is COc1cc(C2c3cc4c(cc3[C@@H](NC(=O)NCCCCNCCCCNCCCCN)[C@H]3COC(=O)[C@H]23)OCO4)cc(OC)c1O. The molecule has 3 aliphatic rings. The summed E-state index contributed by atoms with van der Waals surface area (Å²) < 4.78 is 27.9. The Morgan fingerprint density at radius 1 is 0.851 bits per heavy atom. The molecule has 47 heavy (non-hydrogen) atoms. The van der Waals surface area contributed by atoms with E-state index in [1.165, 1.54) is 14.2 Å². The number of urea groups is 1. The zero-order valence-electron chi connectivity index (χ0n) is 27.4. The van der Waals surface area contributed by atoms with Gasteiger partial charge in [-0.05, 0) is 112 Å². The number of ether oxygens (including phenoxy) is 5. The number of carbonyl (C=O) groups is 2. The normalized spacial score (nSPS) is 20.7. The topological polar surface area (TPSA) is 175 Å². The smallest absolute Gasteiger partial charge is 0.315 e. The molecule has 13 heteroatoms. The van der Waals surface area contributed by atoms with Crippen LogP contribution in [-0.4, -0.2) is 84.0 Å². The van der Waals surface area contributed by atoms with Gasteiger partial charge in [-0.25, -0.2) is 4.79 Å². The fourth-order valence-corrected chi connectivity index (χ4v) is 6.75. The number of amides is 2. The number of hydrogen-bond donors (Lipinski definition) is 6. The summed E-state index contributed by atoms with van der Waals surface area (Å²) in [4.78, 5) is 26.5. The van der Waals surface area contributed by atoms with Crippen molar-refractivity contribution in [1.29, 1.82) is 0 Å². The molecular weight excluding hydrogens is 606 g/mol. The van der Waals surface area contributed by atoms with Crippen molar-refractivity contribution in [3.8, 4) is 28.7 Å². The van der Waals surface area contributed by atoms with Gasteiger partial charge in [0.05, 0.1) is 32.8 Å². The van der Waals surface area contributed by atoms with Crippen LogP contribution >= 0.6 is 0 Å². The molecule has 5 rings (SSSR count). The van der Waals surface area contributed by atoms with E-state index in [-0.39, 0.29) is 48.6 Å². The minimum Gasteiger partial charge on any atom is -0.502 e. The van der Waals surface area contributed by atoms with Gasteiger partial charge >= 0.3 is 12.0 Å². The molecule has 1 aliphatic carbocycles. The van der Waals surface area contributed by atoms with E-state index in [1.807, 2.05) is 12.1 Å². The maximum Gasteiger partial charge on any atom is 0.315 e. The van der Waals surface area contributed by atoms with Gasteiger partial charge in [0, 0.05) is 18.4 Å². The number of phenolic OH excluding ortho intramolecular Hbond substituents is 1. The van der Waals surface area contributed by atoms with E-state index in [4.69, 9.17) is 29.4 Å². The Kier molecular flexibility index (Phi) is 12.3. The first-order valence-corrected chi connectivity index (χ1v) is 16.7. The van der Waals surface area contributed by atoms with Crippen LogP contribution in [0.3, 0.4) is 0 Å². The molecule has 0 spiro atoms. The fourth-order valence-electron chi connectivity index (χ4n) is 6.75. The van der Waals surface area contributed by atoms with Gasteiger partial charge in [-0.3, -0.25) is 4.79 Å². The molecule has 2 aromatic rings. The van der Waals surface area contributed by atoms with Crippen molar-refractivity contribution < 1.29 is 38.4 Å². The summed E-state index contributed by atoms with van der Waals surface area (Å²) in [6, 6.07) is 6.35. The minimum atomic E-state index is -0.606. The van der Waals surface area contributed by atoms with Gasteiger partial charge in [0.25, 0.3) is 0 Å². The van der Waals surface area contributed by atoms with Gasteiger partial charge in [-0.1, -0.05) is 0 Å². The Morgan fingerprint density at radius 2 is 1.43 bits per heavy atom. The number of rotatable bonds is 18. The zero-order valence-corrected chi connectivity index (χ0v) is 27.4. The second kappa shape index (κ2) is 16.8. The van der Waals surface area contributed by atoms with Crippen LogP contribution < -0.4 is 45.9 Å². The number of esters is 1. The Bertz CT molecular complexity index is 1350. The molecule has 258 valence electrons. The molecule has 0 bridgehead atoms. The quantitative estimate of drug-likeness (QED) is 0.103. The van der Waals surface area contributed by atoms with Gasteiger partial charge in [0.2, 0.25) is 12.5 Å². The van der Waals surface area contributed by atoms with Crippen molar-refractivity contribution in [2.45, 2.75) is 50.5 Å². The predicted octanol–water partition coefficient (Wildman–Crippen LogP) is 2.89. The molecule has 0 saturated carbocycles. The molecule has 13 nitrogen and oxygen atoms in total. The fraction of sp³-hybridized carbons (Fsp3) is 0.588. The number of cyclic esters (lactones) is 1. The van der Waals surface area contributed by atoms with Crippen LogP contribution in [-0.2, 0) is 9.53 Å². The third kappa shape index (κ3) is 8.14. The Labute approximate surface area is 276 Å². The van der Waals surface area contributed by atoms with Crippen LogP contribution in [0.1, 0.15) is 67.2 Å². The third-order valence-corrected chi connectivity index (χ3v) is 9.17. The van der Waals surface area contributed by atoms with Crippen LogP contribution in [0.2, 0.25) is 0 Å². The number of hydrogen-bond acceptors (Lipinski definition) is 11. The lowest BCUT2D eigenvalue weighted by atomic mass is 9.65. The Hall–Kier alpha value is -3.94. The Morgan fingerprint density at radius 3 is 2.02 bits per heavy atom. The van der Waals surface area contributed by atoms with Gasteiger partial charge in [0.15, 0.2) is 23.0 Å². The van der Waals surface area contributed by atoms with E-state index in [2.05, 4.69) is 21.3 Å². The molecule has 1 fully saturated rings. The molecule has 2 aromatic carbocycles. The van der Waals surface area contributed by atoms with Gasteiger partial charge < -0.3 is 55.8 Å². The van der Waals surface area contributed by atoms with Crippen LogP contribution in [0, 0.1) is 11.8 Å². The number of nitrogens with two attached hydrogens (primary N) is 1. The minimum absolute atomic E-state index is 0.0823. The summed E-state index contributed by atoms with van der Waals surface area (Å²) in [7, 11) is 2.92. The molecule has 4 atom stereocenters. The van der Waals surface area contributed by atoms with E-state index in [9.17, 15) is 14.7 Å². The monoisotopic (exact) mass is 655 g/mol. The van der Waals surface area contributed by atoms with Crippen LogP contribution in [0.4, 0.5) is 4.79 Å². The first-order valence-electron chi connectivity index (χ1n) is 16.7. The summed E-state index contributed by atoms with van der Waals surface area (Å²) in [5, 5.41) is 23.6. The predicted molar refractivity (Wildman–Crippen MR) is 175 cm³/mol. The van der Waals surface area contributed by atoms with E-state index < -0.39 is 17.9 Å². The van der Waals surface area contributed by atoms with Gasteiger partial charge in [0.1, 0.15) is 0 Å². The molecule has 1 saturated heterocycles. The van der Waals surface area contributed by atoms with Crippen LogP contribution in [0.5, 0.6) is 28.7 Å². The van der Waals surface area contributed by atoms with Crippen molar-refractivity contribution in [1.82, 2.24) is 21.3 Å². The van der Waals surface area contributed by atoms with Crippen molar-refractivity contribution in [3.05, 3.63) is 41.0 Å². The highest BCUT2D eigenvalue weighted by atomic mass is 16.7. The van der Waals surface area contributed by atoms with E-state index in [1.54, 1.807) is 12.1 Å². The number of aromatic hydroxyl groups is 1. The number of benzene rings is 2. The summed E-state index contributed by atoms with van der Waals surface area (Å²) in [6.45, 7) is 5.45. The molecule has 0 aromatic heterocycles. The largest absolute Gasteiger partial charge is 0.502 e. The summed E-state index contributed by atoms with van der Waals surface area (Å²) in [5.41, 5.74) is 7.83. The van der Waals surface area contributed by atoms with Gasteiger partial charge in [-0.2, -0.15) is 0 Å². The number of carbonyl (C=O) groups excluding carboxylic acids is 2.